The summed E-state index contributed by atoms with van der Waals surface area (Å²) >= 11 is 0. The van der Waals surface area contributed by atoms with E-state index in [0.717, 1.165) is 49.2 Å². The summed E-state index contributed by atoms with van der Waals surface area (Å²) in [6.45, 7) is 13.0. The lowest BCUT2D eigenvalue weighted by molar-refractivity contribution is -0.136. The first-order valence-corrected chi connectivity index (χ1v) is 11.6. The number of amides is 1. The third-order valence-corrected chi connectivity index (χ3v) is 6.72. The van der Waals surface area contributed by atoms with E-state index in [4.69, 9.17) is 0 Å². The Balaban J connectivity index is 1.18. The van der Waals surface area contributed by atoms with Crippen LogP contribution in [0.1, 0.15) is 22.5 Å². The fourth-order valence-corrected chi connectivity index (χ4v) is 4.79. The summed E-state index contributed by atoms with van der Waals surface area (Å²) in [6, 6.07) is 10.6. The van der Waals surface area contributed by atoms with Gasteiger partial charge in [0.25, 0.3) is 0 Å². The molecule has 3 aromatic rings. The number of rotatable bonds is 4. The molecule has 0 unspecified atom stereocenters. The molecule has 4 heterocycles. The zero-order valence-corrected chi connectivity index (χ0v) is 19.8. The number of carbonyl (C=O) groups excluding carboxylic acids is 1. The van der Waals surface area contributed by atoms with Crippen LogP contribution in [0.15, 0.2) is 36.7 Å². The van der Waals surface area contributed by atoms with Crippen molar-refractivity contribution in [1.82, 2.24) is 24.6 Å². The van der Waals surface area contributed by atoms with Crippen LogP contribution in [0.5, 0.6) is 0 Å². The molecule has 0 radical (unpaired) electrons. The van der Waals surface area contributed by atoms with Crippen LogP contribution in [0.4, 0.5) is 11.5 Å². The number of benzene rings is 1. The van der Waals surface area contributed by atoms with Gasteiger partial charge in [0, 0.05) is 56.7 Å². The number of carbonyl (C=O) groups is 1. The number of hydrogen-bond donors (Lipinski definition) is 0. The molecule has 8 nitrogen and oxygen atoms in total. The highest BCUT2D eigenvalue weighted by Crippen LogP contribution is 2.27. The van der Waals surface area contributed by atoms with Gasteiger partial charge in [-0.05, 0) is 51.0 Å². The molecule has 0 spiro atoms. The van der Waals surface area contributed by atoms with Crippen molar-refractivity contribution in [2.24, 2.45) is 5.92 Å². The minimum absolute atomic E-state index is 0.0318. The van der Waals surface area contributed by atoms with Crippen molar-refractivity contribution >= 4 is 17.4 Å². The van der Waals surface area contributed by atoms with Gasteiger partial charge in [-0.15, -0.1) is 0 Å². The predicted molar refractivity (Wildman–Crippen MR) is 129 cm³/mol. The van der Waals surface area contributed by atoms with E-state index >= 15 is 0 Å². The van der Waals surface area contributed by atoms with Crippen molar-refractivity contribution < 1.29 is 4.79 Å². The molecule has 2 aromatic heterocycles. The number of nitrogens with zero attached hydrogens (tertiary/aromatic N) is 7. The Bertz CT molecular complexity index is 1170. The van der Waals surface area contributed by atoms with E-state index in [1.165, 1.54) is 16.8 Å². The smallest absolute Gasteiger partial charge is 0.229 e. The van der Waals surface area contributed by atoms with Crippen LogP contribution in [0.3, 0.4) is 0 Å². The highest BCUT2D eigenvalue weighted by atomic mass is 16.2. The topological polar surface area (TPSA) is 70.4 Å². The summed E-state index contributed by atoms with van der Waals surface area (Å²) in [4.78, 5) is 28.5. The van der Waals surface area contributed by atoms with E-state index in [-0.39, 0.29) is 11.8 Å². The monoisotopic (exact) mass is 445 g/mol. The molecule has 0 N–H and O–H groups in total. The lowest BCUT2D eigenvalue weighted by atomic mass is 9.98. The van der Waals surface area contributed by atoms with Gasteiger partial charge in [0.05, 0.1) is 11.6 Å². The van der Waals surface area contributed by atoms with Crippen molar-refractivity contribution in [2.75, 3.05) is 49.1 Å². The second-order valence-electron chi connectivity index (χ2n) is 9.28. The first-order chi connectivity index (χ1) is 15.9. The molecular formula is C25H31N7O. The average molecular weight is 446 g/mol. The van der Waals surface area contributed by atoms with Crippen molar-refractivity contribution in [3.63, 3.8) is 0 Å². The van der Waals surface area contributed by atoms with Crippen LogP contribution in [0.25, 0.3) is 5.82 Å². The maximum absolute atomic E-state index is 13.1. The van der Waals surface area contributed by atoms with Crippen LogP contribution in [0.2, 0.25) is 0 Å². The summed E-state index contributed by atoms with van der Waals surface area (Å²) in [5.41, 5.74) is 5.85. The fraction of sp³-hybridized carbons (Fsp3) is 0.440. The normalized spacial score (nSPS) is 16.8. The minimum Gasteiger partial charge on any atom is -0.368 e. The molecule has 2 fully saturated rings. The second kappa shape index (κ2) is 8.50. The molecule has 1 amide bonds. The van der Waals surface area contributed by atoms with Gasteiger partial charge in [0.2, 0.25) is 5.91 Å². The molecule has 2 aliphatic rings. The van der Waals surface area contributed by atoms with Crippen molar-refractivity contribution in [1.29, 1.82) is 0 Å². The minimum atomic E-state index is 0.0318. The SMILES string of the molecule is Cc1ccc(C)c(N2CCN(C(=O)C3CN(c4cc(-n5nc(C)cc5C)ncn4)C3)CC2)c1. The first kappa shape index (κ1) is 21.4. The molecular weight excluding hydrogens is 414 g/mol. The molecule has 8 heteroatoms. The number of aryl methyl sites for hydroxylation is 4. The molecule has 2 aliphatic heterocycles. The lowest BCUT2D eigenvalue weighted by Crippen LogP contribution is -2.58. The van der Waals surface area contributed by atoms with Gasteiger partial charge < -0.3 is 14.7 Å². The van der Waals surface area contributed by atoms with E-state index < -0.39 is 0 Å². The Morgan fingerprint density at radius 2 is 1.61 bits per heavy atom. The van der Waals surface area contributed by atoms with Crippen molar-refractivity contribution in [3.05, 3.63) is 59.2 Å². The quantitative estimate of drug-likeness (QED) is 0.615. The van der Waals surface area contributed by atoms with Crippen LogP contribution in [-0.2, 0) is 4.79 Å². The van der Waals surface area contributed by atoms with Crippen molar-refractivity contribution in [3.8, 4) is 5.82 Å². The molecule has 0 aliphatic carbocycles. The van der Waals surface area contributed by atoms with E-state index in [9.17, 15) is 4.79 Å². The Morgan fingerprint density at radius 1 is 0.879 bits per heavy atom. The molecule has 0 saturated carbocycles. The fourth-order valence-electron chi connectivity index (χ4n) is 4.79. The Labute approximate surface area is 194 Å². The summed E-state index contributed by atoms with van der Waals surface area (Å²) < 4.78 is 1.83. The Kier molecular flexibility index (Phi) is 5.52. The van der Waals surface area contributed by atoms with Crippen LogP contribution in [0, 0.1) is 33.6 Å². The molecule has 2 saturated heterocycles. The lowest BCUT2D eigenvalue weighted by Gasteiger charge is -2.43. The maximum Gasteiger partial charge on any atom is 0.229 e. The van der Waals surface area contributed by atoms with Crippen molar-refractivity contribution in [2.45, 2.75) is 27.7 Å². The Morgan fingerprint density at radius 3 is 2.30 bits per heavy atom. The van der Waals surface area contributed by atoms with Gasteiger partial charge >= 0.3 is 0 Å². The molecule has 1 aromatic carbocycles. The maximum atomic E-state index is 13.1. The third-order valence-electron chi connectivity index (χ3n) is 6.72. The van der Waals surface area contributed by atoms with Gasteiger partial charge in [-0.2, -0.15) is 5.10 Å². The average Bonchev–Trinajstić information content (AvgIpc) is 3.12. The Hall–Kier alpha value is -3.42. The van der Waals surface area contributed by atoms with Crippen LogP contribution in [-0.4, -0.2) is 69.8 Å². The zero-order chi connectivity index (χ0) is 23.1. The number of aromatic nitrogens is 4. The number of hydrogen-bond acceptors (Lipinski definition) is 6. The van der Waals surface area contributed by atoms with E-state index in [1.807, 2.05) is 35.6 Å². The number of anilines is 2. The van der Waals surface area contributed by atoms with E-state index in [2.05, 4.69) is 56.9 Å². The summed E-state index contributed by atoms with van der Waals surface area (Å²) in [6.07, 6.45) is 1.57. The van der Waals surface area contributed by atoms with Gasteiger partial charge in [0.15, 0.2) is 5.82 Å². The third kappa shape index (κ3) is 4.17. The van der Waals surface area contributed by atoms with E-state index in [1.54, 1.807) is 6.33 Å². The highest BCUT2D eigenvalue weighted by molar-refractivity contribution is 5.82. The molecule has 0 atom stereocenters. The highest BCUT2D eigenvalue weighted by Gasteiger charge is 2.37. The summed E-state index contributed by atoms with van der Waals surface area (Å²) in [5, 5.41) is 4.51. The second-order valence-corrected chi connectivity index (χ2v) is 9.28. The largest absolute Gasteiger partial charge is 0.368 e. The first-order valence-electron chi connectivity index (χ1n) is 11.6. The zero-order valence-electron chi connectivity index (χ0n) is 19.8. The summed E-state index contributed by atoms with van der Waals surface area (Å²) in [7, 11) is 0. The summed E-state index contributed by atoms with van der Waals surface area (Å²) in [5.74, 6) is 1.89. The van der Waals surface area contributed by atoms with Gasteiger partial charge in [-0.1, -0.05) is 12.1 Å². The molecule has 33 heavy (non-hydrogen) atoms. The standard InChI is InChI=1S/C25H31N7O/c1-17-5-6-18(2)22(11-17)29-7-9-30(10-8-29)25(33)21-14-31(15-21)23-13-24(27-16-26-23)32-20(4)12-19(3)28-32/h5-6,11-13,16,21H,7-10,14-15H2,1-4H3. The molecule has 0 bridgehead atoms. The number of piperazine rings is 1. The van der Waals surface area contributed by atoms with Gasteiger partial charge in [-0.3, -0.25) is 4.79 Å². The predicted octanol–water partition coefficient (Wildman–Crippen LogP) is 2.68. The van der Waals surface area contributed by atoms with Crippen LogP contribution < -0.4 is 9.80 Å². The molecule has 5 rings (SSSR count). The van der Waals surface area contributed by atoms with Gasteiger partial charge in [0.1, 0.15) is 12.1 Å². The van der Waals surface area contributed by atoms with Crippen LogP contribution >= 0.6 is 0 Å². The van der Waals surface area contributed by atoms with Gasteiger partial charge in [-0.25, -0.2) is 14.6 Å². The molecule has 172 valence electrons. The van der Waals surface area contributed by atoms with E-state index in [0.29, 0.717) is 13.1 Å².